The number of hydrogen-bond donors (Lipinski definition) is 2. The molecule has 2 N–H and O–H groups in total. The van der Waals surface area contributed by atoms with Gasteiger partial charge in [0.1, 0.15) is 11.6 Å². The van der Waals surface area contributed by atoms with Gasteiger partial charge in [-0.05, 0) is 51.5 Å². The van der Waals surface area contributed by atoms with Crippen LogP contribution in [0.3, 0.4) is 0 Å². The zero-order valence-corrected chi connectivity index (χ0v) is 17.6. The van der Waals surface area contributed by atoms with E-state index in [-0.39, 0.29) is 23.0 Å². The lowest BCUT2D eigenvalue weighted by Crippen LogP contribution is -2.43. The molecular weight excluding hydrogens is 385 g/mol. The molecule has 160 valence electrons. The molecule has 2 aromatic rings. The van der Waals surface area contributed by atoms with E-state index in [1.807, 2.05) is 26.8 Å². The summed E-state index contributed by atoms with van der Waals surface area (Å²) in [5, 5.41) is 5.60. The summed E-state index contributed by atoms with van der Waals surface area (Å²) < 4.78 is 14.0. The second-order valence-electron chi connectivity index (χ2n) is 8.35. The predicted molar refractivity (Wildman–Crippen MR) is 115 cm³/mol. The minimum atomic E-state index is -0.496. The molecule has 1 saturated heterocycles. The number of halogens is 1. The van der Waals surface area contributed by atoms with Crippen molar-refractivity contribution in [1.29, 1.82) is 0 Å². The van der Waals surface area contributed by atoms with Gasteiger partial charge in [0.05, 0.1) is 17.4 Å². The van der Waals surface area contributed by atoms with E-state index >= 15 is 0 Å². The molecule has 0 saturated carbocycles. The number of carbonyl (C=O) groups excluding carboxylic acids is 2. The van der Waals surface area contributed by atoms with E-state index in [1.54, 1.807) is 29.3 Å². The molecule has 2 heterocycles. The van der Waals surface area contributed by atoms with Crippen LogP contribution in [0, 0.1) is 5.82 Å². The maximum absolute atomic E-state index is 14.0. The number of hydrogen-bond acceptors (Lipinski definition) is 4. The van der Waals surface area contributed by atoms with Gasteiger partial charge in [-0.15, -0.1) is 0 Å². The zero-order valence-electron chi connectivity index (χ0n) is 17.6. The average molecular weight is 413 g/mol. The van der Waals surface area contributed by atoms with Crippen LogP contribution in [-0.2, 0) is 0 Å². The van der Waals surface area contributed by atoms with Crippen LogP contribution in [0.25, 0.3) is 0 Å². The first kappa shape index (κ1) is 21.5. The SMILES string of the molecule is CC(C)(C)NC(=O)Nc1ccc(N2CCCN(C(=O)c3ccccc3F)CC2)nc1. The normalized spacial score (nSPS) is 14.8. The van der Waals surface area contributed by atoms with Gasteiger partial charge in [0.2, 0.25) is 0 Å². The molecule has 1 aromatic carbocycles. The highest BCUT2D eigenvalue weighted by Crippen LogP contribution is 2.18. The summed E-state index contributed by atoms with van der Waals surface area (Å²) >= 11 is 0. The predicted octanol–water partition coefficient (Wildman–Crippen LogP) is 3.49. The van der Waals surface area contributed by atoms with E-state index < -0.39 is 5.82 Å². The van der Waals surface area contributed by atoms with Gasteiger partial charge in [-0.3, -0.25) is 4.79 Å². The number of aromatic nitrogens is 1. The Morgan fingerprint density at radius 2 is 1.80 bits per heavy atom. The Morgan fingerprint density at radius 3 is 2.47 bits per heavy atom. The molecule has 8 heteroatoms. The molecule has 1 aromatic heterocycles. The van der Waals surface area contributed by atoms with Gasteiger partial charge < -0.3 is 20.4 Å². The Labute approximate surface area is 176 Å². The molecule has 0 atom stereocenters. The number of carbonyl (C=O) groups is 2. The van der Waals surface area contributed by atoms with Gasteiger partial charge in [-0.2, -0.15) is 0 Å². The first-order valence-corrected chi connectivity index (χ1v) is 10.1. The fourth-order valence-corrected chi connectivity index (χ4v) is 3.30. The van der Waals surface area contributed by atoms with Crippen LogP contribution in [0.4, 0.5) is 20.7 Å². The number of rotatable bonds is 3. The van der Waals surface area contributed by atoms with E-state index in [1.165, 1.54) is 12.1 Å². The maximum Gasteiger partial charge on any atom is 0.319 e. The summed E-state index contributed by atoms with van der Waals surface area (Å²) in [6.07, 6.45) is 2.38. The fraction of sp³-hybridized carbons (Fsp3) is 0.409. The molecule has 1 fully saturated rings. The van der Waals surface area contributed by atoms with Gasteiger partial charge in [0, 0.05) is 31.7 Å². The van der Waals surface area contributed by atoms with Crippen LogP contribution in [0.15, 0.2) is 42.6 Å². The van der Waals surface area contributed by atoms with Gasteiger partial charge >= 0.3 is 6.03 Å². The molecule has 0 aliphatic carbocycles. The van der Waals surface area contributed by atoms with Crippen molar-refractivity contribution >= 4 is 23.4 Å². The van der Waals surface area contributed by atoms with Crippen molar-refractivity contribution in [2.24, 2.45) is 0 Å². The van der Waals surface area contributed by atoms with Crippen molar-refractivity contribution in [1.82, 2.24) is 15.2 Å². The van der Waals surface area contributed by atoms with E-state index in [0.717, 1.165) is 18.8 Å². The summed E-state index contributed by atoms with van der Waals surface area (Å²) in [5.41, 5.74) is 0.384. The fourth-order valence-electron chi connectivity index (χ4n) is 3.30. The Balaban J connectivity index is 1.59. The number of amides is 3. The summed E-state index contributed by atoms with van der Waals surface area (Å²) in [7, 11) is 0. The van der Waals surface area contributed by atoms with Crippen molar-refractivity contribution in [2.75, 3.05) is 36.4 Å². The molecule has 1 aliphatic rings. The minimum absolute atomic E-state index is 0.105. The highest BCUT2D eigenvalue weighted by atomic mass is 19.1. The third-order valence-electron chi connectivity index (χ3n) is 4.71. The third-order valence-corrected chi connectivity index (χ3v) is 4.71. The lowest BCUT2D eigenvalue weighted by molar-refractivity contribution is 0.0762. The van der Waals surface area contributed by atoms with Crippen LogP contribution in [0.5, 0.6) is 0 Å². The number of benzene rings is 1. The molecule has 1 aliphatic heterocycles. The van der Waals surface area contributed by atoms with E-state index in [2.05, 4.69) is 20.5 Å². The molecule has 3 amide bonds. The smallest absolute Gasteiger partial charge is 0.319 e. The lowest BCUT2D eigenvalue weighted by Gasteiger charge is -2.23. The monoisotopic (exact) mass is 413 g/mol. The topological polar surface area (TPSA) is 77.6 Å². The Kier molecular flexibility index (Phi) is 6.54. The minimum Gasteiger partial charge on any atom is -0.355 e. The van der Waals surface area contributed by atoms with Gasteiger partial charge in [0.15, 0.2) is 0 Å². The highest BCUT2D eigenvalue weighted by molar-refractivity contribution is 5.94. The molecule has 7 nitrogen and oxygen atoms in total. The second-order valence-corrected chi connectivity index (χ2v) is 8.35. The lowest BCUT2D eigenvalue weighted by atomic mass is 10.1. The molecular formula is C22H28FN5O2. The Morgan fingerprint density at radius 1 is 1.03 bits per heavy atom. The maximum atomic E-state index is 14.0. The molecule has 0 spiro atoms. The summed E-state index contributed by atoms with van der Waals surface area (Å²) in [5.74, 6) is -0.00635. The first-order valence-electron chi connectivity index (χ1n) is 10.1. The standard InChI is InChI=1S/C22H28FN5O2/c1-22(2,3)26-21(30)25-16-9-10-19(24-15-16)27-11-6-12-28(14-13-27)20(29)17-7-4-5-8-18(17)23/h4-5,7-10,15H,6,11-14H2,1-3H3,(H2,25,26,30). The summed E-state index contributed by atoms with van der Waals surface area (Å²) in [6, 6.07) is 9.43. The molecule has 0 unspecified atom stereocenters. The molecule has 0 bridgehead atoms. The van der Waals surface area contributed by atoms with E-state index in [0.29, 0.717) is 25.3 Å². The van der Waals surface area contributed by atoms with Crippen LogP contribution in [-0.4, -0.2) is 53.5 Å². The van der Waals surface area contributed by atoms with Crippen molar-refractivity contribution in [3.8, 4) is 0 Å². The number of anilines is 2. The van der Waals surface area contributed by atoms with Crippen molar-refractivity contribution < 1.29 is 14.0 Å². The molecule has 30 heavy (non-hydrogen) atoms. The number of pyridine rings is 1. The van der Waals surface area contributed by atoms with Crippen LogP contribution >= 0.6 is 0 Å². The Hall–Kier alpha value is -3.16. The quantitative estimate of drug-likeness (QED) is 0.808. The molecule has 0 radical (unpaired) electrons. The van der Waals surface area contributed by atoms with Gasteiger partial charge in [-0.25, -0.2) is 14.2 Å². The van der Waals surface area contributed by atoms with Crippen LogP contribution < -0.4 is 15.5 Å². The number of nitrogens with zero attached hydrogens (tertiary/aromatic N) is 3. The zero-order chi connectivity index (χ0) is 21.7. The van der Waals surface area contributed by atoms with E-state index in [9.17, 15) is 14.0 Å². The largest absolute Gasteiger partial charge is 0.355 e. The molecule has 3 rings (SSSR count). The first-order chi connectivity index (χ1) is 14.2. The highest BCUT2D eigenvalue weighted by Gasteiger charge is 2.23. The Bertz CT molecular complexity index is 895. The second kappa shape index (κ2) is 9.11. The number of urea groups is 1. The van der Waals surface area contributed by atoms with Crippen LogP contribution in [0.2, 0.25) is 0 Å². The van der Waals surface area contributed by atoms with Gasteiger partial charge in [0.25, 0.3) is 5.91 Å². The third kappa shape index (κ3) is 5.68. The van der Waals surface area contributed by atoms with Crippen molar-refractivity contribution in [2.45, 2.75) is 32.7 Å². The van der Waals surface area contributed by atoms with Crippen molar-refractivity contribution in [3.05, 3.63) is 54.0 Å². The summed E-state index contributed by atoms with van der Waals surface area (Å²) in [4.78, 5) is 32.9. The van der Waals surface area contributed by atoms with E-state index in [4.69, 9.17) is 0 Å². The van der Waals surface area contributed by atoms with Gasteiger partial charge in [-0.1, -0.05) is 12.1 Å². The van der Waals surface area contributed by atoms with Crippen molar-refractivity contribution in [3.63, 3.8) is 0 Å². The summed E-state index contributed by atoms with van der Waals surface area (Å²) in [6.45, 7) is 8.13. The van der Waals surface area contributed by atoms with Crippen LogP contribution in [0.1, 0.15) is 37.6 Å². The number of nitrogens with one attached hydrogen (secondary N) is 2. The average Bonchev–Trinajstić information content (AvgIpc) is 2.93.